The molecular weight excluding hydrogens is 395 g/mol. The molecule has 162 valence electrons. The predicted octanol–water partition coefficient (Wildman–Crippen LogP) is 4.37. The van der Waals surface area contributed by atoms with E-state index in [0.29, 0.717) is 29.4 Å². The van der Waals surface area contributed by atoms with Gasteiger partial charge in [-0.05, 0) is 75.1 Å². The summed E-state index contributed by atoms with van der Waals surface area (Å²) in [6.07, 6.45) is 3.64. The van der Waals surface area contributed by atoms with E-state index in [2.05, 4.69) is 6.58 Å². The zero-order valence-corrected chi connectivity index (χ0v) is 18.0. The first-order chi connectivity index (χ1) is 14.9. The number of carbonyl (C=O) groups excluding carboxylic acids is 1. The fraction of sp³-hybridized carbons (Fsp3) is 0.375. The van der Waals surface area contributed by atoms with Gasteiger partial charge in [0.05, 0.1) is 12.4 Å². The van der Waals surface area contributed by atoms with Crippen molar-refractivity contribution >= 4 is 18.9 Å². The van der Waals surface area contributed by atoms with Crippen LogP contribution in [0.25, 0.3) is 0 Å². The highest BCUT2D eigenvalue weighted by atomic mass is 16.7. The monoisotopic (exact) mass is 422 g/mol. The van der Waals surface area contributed by atoms with Gasteiger partial charge >= 0.3 is 7.12 Å². The first-order valence-electron chi connectivity index (χ1n) is 10.6. The molecule has 2 heterocycles. The Labute approximate surface area is 183 Å². The lowest BCUT2D eigenvalue weighted by Crippen LogP contribution is -2.37. The Morgan fingerprint density at radius 1 is 1.16 bits per heavy atom. The first kappa shape index (κ1) is 21.6. The van der Waals surface area contributed by atoms with Crippen molar-refractivity contribution in [3.05, 3.63) is 65.9 Å². The maximum absolute atomic E-state index is 10.9. The van der Waals surface area contributed by atoms with E-state index in [-0.39, 0.29) is 6.29 Å². The van der Waals surface area contributed by atoms with Gasteiger partial charge in [0.1, 0.15) is 23.4 Å². The Balaban J connectivity index is 1.55. The molecule has 0 saturated carbocycles. The summed E-state index contributed by atoms with van der Waals surface area (Å²) >= 11 is 0. The molecule has 0 spiro atoms. The third-order valence-corrected chi connectivity index (χ3v) is 5.51. The molecule has 2 fully saturated rings. The Kier molecular flexibility index (Phi) is 6.46. The third-order valence-electron chi connectivity index (χ3n) is 5.51. The summed E-state index contributed by atoms with van der Waals surface area (Å²) in [4.78, 5) is 10.9. The fourth-order valence-corrected chi connectivity index (χ4v) is 3.53. The summed E-state index contributed by atoms with van der Waals surface area (Å²) in [5.74, 6) is 1.89. The highest BCUT2D eigenvalue weighted by Crippen LogP contribution is 2.31. The average molecular weight is 422 g/mol. The lowest BCUT2D eigenvalue weighted by atomic mass is 9.76. The smallest absolute Gasteiger partial charge is 0.534 e. The second kappa shape index (κ2) is 9.26. The molecular formula is C24H27BO6. The number of ether oxygens (including phenoxy) is 3. The quantitative estimate of drug-likeness (QED) is 0.488. The van der Waals surface area contributed by atoms with Crippen LogP contribution in [0, 0.1) is 0 Å². The first-order valence-corrected chi connectivity index (χ1v) is 10.6. The normalized spacial score (nSPS) is 20.4. The molecule has 0 radical (unpaired) electrons. The second-order valence-corrected chi connectivity index (χ2v) is 8.26. The van der Waals surface area contributed by atoms with Crippen LogP contribution in [0.5, 0.6) is 11.5 Å². The van der Waals surface area contributed by atoms with E-state index in [1.165, 1.54) is 0 Å². The van der Waals surface area contributed by atoms with Crippen molar-refractivity contribution in [2.45, 2.75) is 51.6 Å². The molecule has 0 amide bonds. The SMILES string of the molecule is C=C1OB(c2ccc(Oc3ccc(C=O)cc3)cc2COC2CCCCO2)OC1(C)C. The largest absolute Gasteiger partial charge is 0.563 e. The summed E-state index contributed by atoms with van der Waals surface area (Å²) in [7, 11) is -0.561. The fourth-order valence-electron chi connectivity index (χ4n) is 3.53. The minimum Gasteiger partial charge on any atom is -0.534 e. The molecule has 31 heavy (non-hydrogen) atoms. The zero-order valence-electron chi connectivity index (χ0n) is 18.0. The van der Waals surface area contributed by atoms with Gasteiger partial charge in [-0.25, -0.2) is 0 Å². The minimum atomic E-state index is -0.565. The molecule has 1 unspecified atom stereocenters. The van der Waals surface area contributed by atoms with Gasteiger partial charge in [0.25, 0.3) is 0 Å². The highest BCUT2D eigenvalue weighted by molar-refractivity contribution is 6.62. The topological polar surface area (TPSA) is 63.2 Å². The lowest BCUT2D eigenvalue weighted by Gasteiger charge is -2.23. The predicted molar refractivity (Wildman–Crippen MR) is 118 cm³/mol. The number of hydrogen-bond acceptors (Lipinski definition) is 6. The van der Waals surface area contributed by atoms with Gasteiger partial charge in [-0.1, -0.05) is 12.6 Å². The Hall–Kier alpha value is -2.61. The van der Waals surface area contributed by atoms with Crippen LogP contribution < -0.4 is 10.2 Å². The van der Waals surface area contributed by atoms with Gasteiger partial charge in [0, 0.05) is 17.6 Å². The van der Waals surface area contributed by atoms with Crippen molar-refractivity contribution in [2.24, 2.45) is 0 Å². The van der Waals surface area contributed by atoms with Gasteiger partial charge in [0.15, 0.2) is 6.29 Å². The van der Waals surface area contributed by atoms with Crippen LogP contribution in [-0.2, 0) is 25.4 Å². The van der Waals surface area contributed by atoms with Gasteiger partial charge in [0.2, 0.25) is 0 Å². The van der Waals surface area contributed by atoms with E-state index in [0.717, 1.165) is 43.2 Å². The summed E-state index contributed by atoms with van der Waals surface area (Å²) in [5, 5.41) is 0. The van der Waals surface area contributed by atoms with Gasteiger partial charge in [-0.2, -0.15) is 0 Å². The second-order valence-electron chi connectivity index (χ2n) is 8.26. The van der Waals surface area contributed by atoms with Crippen LogP contribution in [0.15, 0.2) is 54.8 Å². The number of aldehydes is 1. The third kappa shape index (κ3) is 5.18. The lowest BCUT2D eigenvalue weighted by molar-refractivity contribution is -0.168. The molecule has 2 aromatic carbocycles. The Morgan fingerprint density at radius 2 is 1.94 bits per heavy atom. The molecule has 2 saturated heterocycles. The van der Waals surface area contributed by atoms with Crippen molar-refractivity contribution < 1.29 is 28.3 Å². The van der Waals surface area contributed by atoms with Crippen LogP contribution in [0.2, 0.25) is 0 Å². The standard InChI is InChI=1S/C24H27BO6/c1-17-24(2,3)31-25(30-17)22-12-11-21(29-20-9-7-18(15-26)8-10-20)14-19(22)16-28-23-6-4-5-13-27-23/h7-12,14-15,23H,1,4-6,13,16H2,2-3H3. The van der Waals surface area contributed by atoms with E-state index in [9.17, 15) is 4.79 Å². The number of rotatable bonds is 7. The van der Waals surface area contributed by atoms with Gasteiger partial charge in [-0.3, -0.25) is 4.79 Å². The summed E-state index contributed by atoms with van der Waals surface area (Å²) < 4.78 is 29.7. The van der Waals surface area contributed by atoms with Crippen molar-refractivity contribution in [2.75, 3.05) is 6.61 Å². The van der Waals surface area contributed by atoms with E-state index < -0.39 is 12.7 Å². The maximum Gasteiger partial charge on any atom is 0.563 e. The number of hydrogen-bond donors (Lipinski definition) is 0. The molecule has 2 aliphatic rings. The summed E-state index contributed by atoms with van der Waals surface area (Å²) in [6.45, 7) is 8.90. The van der Waals surface area contributed by atoms with Crippen LogP contribution in [0.4, 0.5) is 0 Å². The molecule has 6 nitrogen and oxygen atoms in total. The summed E-state index contributed by atoms with van der Waals surface area (Å²) in [6, 6.07) is 12.7. The van der Waals surface area contributed by atoms with E-state index in [1.54, 1.807) is 24.3 Å². The minimum absolute atomic E-state index is 0.209. The Bertz CT molecular complexity index is 934. The van der Waals surface area contributed by atoms with Crippen molar-refractivity contribution in [3.8, 4) is 11.5 Å². The zero-order chi connectivity index (χ0) is 21.8. The number of benzene rings is 2. The van der Waals surface area contributed by atoms with Crippen LogP contribution >= 0.6 is 0 Å². The molecule has 0 bridgehead atoms. The van der Waals surface area contributed by atoms with Crippen molar-refractivity contribution in [1.82, 2.24) is 0 Å². The average Bonchev–Trinajstić information content (AvgIpc) is 3.05. The molecule has 2 aromatic rings. The van der Waals surface area contributed by atoms with Crippen LogP contribution in [0.1, 0.15) is 49.0 Å². The maximum atomic E-state index is 10.9. The molecule has 2 aliphatic heterocycles. The highest BCUT2D eigenvalue weighted by Gasteiger charge is 2.43. The molecule has 0 aliphatic carbocycles. The number of carbonyl (C=O) groups is 1. The van der Waals surface area contributed by atoms with Crippen molar-refractivity contribution in [1.29, 1.82) is 0 Å². The van der Waals surface area contributed by atoms with Gasteiger partial charge < -0.3 is 23.5 Å². The molecule has 7 heteroatoms. The Morgan fingerprint density at radius 3 is 2.58 bits per heavy atom. The molecule has 0 N–H and O–H groups in total. The van der Waals surface area contributed by atoms with E-state index >= 15 is 0 Å². The van der Waals surface area contributed by atoms with Crippen molar-refractivity contribution in [3.63, 3.8) is 0 Å². The molecule has 0 aromatic heterocycles. The van der Waals surface area contributed by atoms with E-state index in [4.69, 9.17) is 23.5 Å². The van der Waals surface area contributed by atoms with Gasteiger partial charge in [-0.15, -0.1) is 0 Å². The van der Waals surface area contributed by atoms with Crippen LogP contribution in [0.3, 0.4) is 0 Å². The molecule has 1 atom stereocenters. The summed E-state index contributed by atoms with van der Waals surface area (Å²) in [5.41, 5.74) is 1.80. The van der Waals surface area contributed by atoms with Crippen LogP contribution in [-0.4, -0.2) is 31.9 Å². The van der Waals surface area contributed by atoms with E-state index in [1.807, 2.05) is 32.0 Å². The molecule has 4 rings (SSSR count).